The molecule has 2 heterocycles. The minimum Gasteiger partial charge on any atom is -0.482 e. The number of nitrogens with zero attached hydrogens (tertiary/aromatic N) is 2. The van der Waals surface area contributed by atoms with Crippen LogP contribution >= 0.6 is 0 Å². The fourth-order valence-electron chi connectivity index (χ4n) is 3.32. The Balaban J connectivity index is 1.57. The van der Waals surface area contributed by atoms with Crippen molar-refractivity contribution in [2.24, 2.45) is 5.92 Å². The molecule has 7 nitrogen and oxygen atoms in total. The van der Waals surface area contributed by atoms with E-state index in [1.807, 2.05) is 0 Å². The molecule has 2 aromatic heterocycles. The van der Waals surface area contributed by atoms with Crippen molar-refractivity contribution < 1.29 is 32.2 Å². The van der Waals surface area contributed by atoms with E-state index in [4.69, 9.17) is 0 Å². The van der Waals surface area contributed by atoms with Crippen LogP contribution < -0.4 is 15.6 Å². The maximum Gasteiger partial charge on any atom is 0.422 e. The van der Waals surface area contributed by atoms with Gasteiger partial charge in [0.2, 0.25) is 0 Å². The number of benzene rings is 1. The summed E-state index contributed by atoms with van der Waals surface area (Å²) in [6.07, 6.45) is -0.909. The fourth-order valence-corrected chi connectivity index (χ4v) is 3.32. The lowest BCUT2D eigenvalue weighted by Crippen LogP contribution is -2.28. The number of carbonyl (C=O) groups excluding carboxylic acids is 1. The molecule has 11 heteroatoms. The molecule has 1 saturated carbocycles. The number of amides is 1. The van der Waals surface area contributed by atoms with E-state index in [9.17, 15) is 32.3 Å². The Kier molecular flexibility index (Phi) is 6.38. The zero-order valence-corrected chi connectivity index (χ0v) is 17.6. The number of anilines is 1. The molecule has 0 saturated heterocycles. The number of rotatable bonds is 7. The molecule has 2 N–H and O–H groups in total. The number of hydrogen-bond acceptors (Lipinski definition) is 5. The number of alkyl halides is 3. The van der Waals surface area contributed by atoms with Gasteiger partial charge < -0.3 is 15.2 Å². The van der Waals surface area contributed by atoms with Crippen LogP contribution in [0.1, 0.15) is 35.0 Å². The number of aliphatic hydroxyl groups is 1. The molecule has 4 rings (SSSR count). The molecule has 0 radical (unpaired) electrons. The number of ether oxygens (including phenoxy) is 1. The van der Waals surface area contributed by atoms with Crippen LogP contribution in [-0.4, -0.2) is 33.3 Å². The molecular weight excluding hydrogens is 458 g/mol. The van der Waals surface area contributed by atoms with Gasteiger partial charge in [-0.3, -0.25) is 19.1 Å². The standard InChI is InChI=1S/C23H19F4N3O4/c24-14-5-8-18(19(10-14)34-12-23(25,26)27)30-9-1-2-16(22(30)33)21(32)29-15-6-7-17(28-11-15)20(31)13-3-4-13/h1-2,5-11,13,20,31H,3-4,12H2,(H,29,32)/t20-/m1/s1. The normalized spacial score (nSPS) is 14.5. The van der Waals surface area contributed by atoms with Crippen LogP contribution in [0.25, 0.3) is 5.69 Å². The van der Waals surface area contributed by atoms with Crippen LogP contribution in [-0.2, 0) is 0 Å². The maximum atomic E-state index is 13.6. The maximum absolute atomic E-state index is 13.6. The summed E-state index contributed by atoms with van der Waals surface area (Å²) in [5.41, 5.74) is -0.564. The third-order valence-corrected chi connectivity index (χ3v) is 5.18. The van der Waals surface area contributed by atoms with E-state index >= 15 is 0 Å². The molecule has 1 aliphatic carbocycles. The zero-order chi connectivity index (χ0) is 24.5. The van der Waals surface area contributed by atoms with Crippen LogP contribution in [0, 0.1) is 11.7 Å². The lowest BCUT2D eigenvalue weighted by Gasteiger charge is -2.15. The van der Waals surface area contributed by atoms with Gasteiger partial charge >= 0.3 is 6.18 Å². The first-order chi connectivity index (χ1) is 16.1. The molecule has 0 spiro atoms. The van der Waals surface area contributed by atoms with Crippen molar-refractivity contribution >= 4 is 11.6 Å². The summed E-state index contributed by atoms with van der Waals surface area (Å²) < 4.78 is 57.0. The van der Waals surface area contributed by atoms with Crippen LogP contribution in [0.15, 0.2) is 59.7 Å². The third kappa shape index (κ3) is 5.42. The number of aliphatic hydroxyl groups excluding tert-OH is 1. The Labute approximate surface area is 190 Å². The summed E-state index contributed by atoms with van der Waals surface area (Å²) in [6, 6.07) is 8.47. The topological polar surface area (TPSA) is 93.5 Å². The van der Waals surface area contributed by atoms with Crippen molar-refractivity contribution in [3.05, 3.63) is 82.3 Å². The van der Waals surface area contributed by atoms with E-state index in [2.05, 4.69) is 15.0 Å². The predicted molar refractivity (Wildman–Crippen MR) is 113 cm³/mol. The second kappa shape index (κ2) is 9.26. The summed E-state index contributed by atoms with van der Waals surface area (Å²) in [5, 5.41) is 12.6. The van der Waals surface area contributed by atoms with Crippen molar-refractivity contribution in [3.8, 4) is 11.4 Å². The summed E-state index contributed by atoms with van der Waals surface area (Å²) in [5.74, 6) is -1.96. The van der Waals surface area contributed by atoms with Gasteiger partial charge in [-0.05, 0) is 55.2 Å². The Morgan fingerprint density at radius 3 is 2.65 bits per heavy atom. The summed E-state index contributed by atoms with van der Waals surface area (Å²) >= 11 is 0. The second-order valence-electron chi connectivity index (χ2n) is 7.82. The quantitative estimate of drug-likeness (QED) is 0.502. The van der Waals surface area contributed by atoms with Crippen LogP contribution in [0.2, 0.25) is 0 Å². The number of nitrogens with one attached hydrogen (secondary N) is 1. The lowest BCUT2D eigenvalue weighted by atomic mass is 10.1. The van der Waals surface area contributed by atoms with Gasteiger partial charge in [0.1, 0.15) is 17.1 Å². The Bertz CT molecular complexity index is 1250. The van der Waals surface area contributed by atoms with Crippen molar-refractivity contribution in [2.45, 2.75) is 25.1 Å². The molecule has 178 valence electrons. The first-order valence-electron chi connectivity index (χ1n) is 10.3. The number of hydrogen-bond donors (Lipinski definition) is 2. The molecule has 1 aliphatic rings. The first kappa shape index (κ1) is 23.4. The molecular formula is C23H19F4N3O4. The van der Waals surface area contributed by atoms with Gasteiger partial charge in [-0.1, -0.05) is 0 Å². The number of halogens is 4. The third-order valence-electron chi connectivity index (χ3n) is 5.18. The number of pyridine rings is 2. The first-order valence-corrected chi connectivity index (χ1v) is 10.3. The molecule has 0 bridgehead atoms. The van der Waals surface area contributed by atoms with Gasteiger partial charge in [0, 0.05) is 12.3 Å². The fraction of sp³-hybridized carbons (Fsp3) is 0.261. The molecule has 1 atom stereocenters. The number of aromatic nitrogens is 2. The molecule has 1 amide bonds. The van der Waals surface area contributed by atoms with Gasteiger partial charge in [-0.15, -0.1) is 0 Å². The monoisotopic (exact) mass is 477 g/mol. The average Bonchev–Trinajstić information content (AvgIpc) is 3.63. The SMILES string of the molecule is O=C(Nc1ccc([C@H](O)C2CC2)nc1)c1cccn(-c2ccc(F)cc2OCC(F)(F)F)c1=O. The molecule has 34 heavy (non-hydrogen) atoms. The Morgan fingerprint density at radius 1 is 1.24 bits per heavy atom. The minimum atomic E-state index is -4.67. The lowest BCUT2D eigenvalue weighted by molar-refractivity contribution is -0.153. The van der Waals surface area contributed by atoms with Gasteiger partial charge in [0.25, 0.3) is 11.5 Å². The van der Waals surface area contributed by atoms with E-state index in [1.165, 1.54) is 30.6 Å². The van der Waals surface area contributed by atoms with Gasteiger partial charge in [0.15, 0.2) is 6.61 Å². The minimum absolute atomic E-state index is 0.162. The van der Waals surface area contributed by atoms with Crippen molar-refractivity contribution in [1.82, 2.24) is 9.55 Å². The van der Waals surface area contributed by atoms with E-state index < -0.39 is 41.9 Å². The Morgan fingerprint density at radius 2 is 2.00 bits per heavy atom. The average molecular weight is 477 g/mol. The second-order valence-corrected chi connectivity index (χ2v) is 7.82. The highest BCUT2D eigenvalue weighted by Crippen LogP contribution is 2.40. The highest BCUT2D eigenvalue weighted by Gasteiger charge is 2.31. The molecule has 1 aromatic carbocycles. The van der Waals surface area contributed by atoms with Crippen molar-refractivity contribution in [3.63, 3.8) is 0 Å². The smallest absolute Gasteiger partial charge is 0.422 e. The molecule has 0 aliphatic heterocycles. The Hall–Kier alpha value is -3.73. The summed E-state index contributed by atoms with van der Waals surface area (Å²) in [6.45, 7) is -1.68. The van der Waals surface area contributed by atoms with Crippen molar-refractivity contribution in [1.29, 1.82) is 0 Å². The van der Waals surface area contributed by atoms with E-state index in [0.717, 1.165) is 35.6 Å². The van der Waals surface area contributed by atoms with Crippen LogP contribution in [0.4, 0.5) is 23.2 Å². The summed E-state index contributed by atoms with van der Waals surface area (Å²) in [7, 11) is 0. The molecule has 0 unspecified atom stereocenters. The zero-order valence-electron chi connectivity index (χ0n) is 17.6. The van der Waals surface area contributed by atoms with E-state index in [0.29, 0.717) is 5.69 Å². The molecule has 3 aromatic rings. The number of carbonyl (C=O) groups is 1. The van der Waals surface area contributed by atoms with Gasteiger partial charge in [0.05, 0.1) is 29.4 Å². The highest BCUT2D eigenvalue weighted by molar-refractivity contribution is 6.03. The predicted octanol–water partition coefficient (Wildman–Crippen LogP) is 4.01. The van der Waals surface area contributed by atoms with Crippen LogP contribution in [0.3, 0.4) is 0 Å². The largest absolute Gasteiger partial charge is 0.482 e. The van der Waals surface area contributed by atoms with Gasteiger partial charge in [-0.2, -0.15) is 13.2 Å². The highest BCUT2D eigenvalue weighted by atomic mass is 19.4. The van der Waals surface area contributed by atoms with Gasteiger partial charge in [-0.25, -0.2) is 4.39 Å². The van der Waals surface area contributed by atoms with E-state index in [1.54, 1.807) is 6.07 Å². The van der Waals surface area contributed by atoms with E-state index in [-0.39, 0.29) is 22.9 Å². The summed E-state index contributed by atoms with van der Waals surface area (Å²) in [4.78, 5) is 29.8. The van der Waals surface area contributed by atoms with Crippen LogP contribution in [0.5, 0.6) is 5.75 Å². The molecule has 1 fully saturated rings. The van der Waals surface area contributed by atoms with Crippen molar-refractivity contribution in [2.75, 3.05) is 11.9 Å².